The van der Waals surface area contributed by atoms with Crippen LogP contribution >= 0.6 is 0 Å². The van der Waals surface area contributed by atoms with Crippen molar-refractivity contribution in [2.45, 2.75) is 6.32 Å². The topological polar surface area (TPSA) is 52.1 Å². The van der Waals surface area contributed by atoms with Crippen LogP contribution in [0.5, 0.6) is 5.88 Å². The van der Waals surface area contributed by atoms with Gasteiger partial charge in [0.2, 0.25) is 5.88 Å². The number of carbonyl (C=O) groups excluding carboxylic acids is 1. The molecule has 0 unspecified atom stereocenters. The van der Waals surface area contributed by atoms with Gasteiger partial charge in [0.05, 0.1) is 12.6 Å². The largest absolute Gasteiger partial charge is 0.481 e. The number of ether oxygens (including phenoxy) is 1. The third kappa shape index (κ3) is 1.76. The molecule has 0 fully saturated rings. The molecule has 0 aliphatic carbocycles. The standard InChI is InChI=1S/C11H11BN2O2/c1-16-10-3-2-8-11(14-10)7(4-5-13-8)9(15)6-12/h2-5H,6,12H2,1H3. The van der Waals surface area contributed by atoms with Crippen molar-refractivity contribution in [2.24, 2.45) is 0 Å². The van der Waals surface area contributed by atoms with Crippen molar-refractivity contribution in [2.75, 3.05) is 7.11 Å². The van der Waals surface area contributed by atoms with Crippen LogP contribution in [0.15, 0.2) is 24.4 Å². The molecule has 2 aromatic rings. The molecule has 0 N–H and O–H groups in total. The average Bonchev–Trinajstić information content (AvgIpc) is 2.36. The van der Waals surface area contributed by atoms with Crippen molar-refractivity contribution >= 4 is 24.7 Å². The van der Waals surface area contributed by atoms with Crippen LogP contribution in [-0.4, -0.2) is 30.7 Å². The Morgan fingerprint density at radius 1 is 1.44 bits per heavy atom. The summed E-state index contributed by atoms with van der Waals surface area (Å²) in [4.78, 5) is 20.1. The van der Waals surface area contributed by atoms with Gasteiger partial charge in [-0.25, -0.2) is 4.98 Å². The number of ketones is 1. The summed E-state index contributed by atoms with van der Waals surface area (Å²) in [6, 6.07) is 5.23. The molecule has 0 aromatic carbocycles. The molecule has 0 aliphatic heterocycles. The molecule has 0 aliphatic rings. The Balaban J connectivity index is 2.68. The minimum Gasteiger partial charge on any atom is -0.481 e. The van der Waals surface area contributed by atoms with E-state index in [4.69, 9.17) is 4.74 Å². The first kappa shape index (κ1) is 10.6. The van der Waals surface area contributed by atoms with E-state index in [1.165, 1.54) is 0 Å². The number of pyridine rings is 2. The lowest BCUT2D eigenvalue weighted by molar-refractivity contribution is 0.101. The van der Waals surface area contributed by atoms with E-state index in [0.29, 0.717) is 28.8 Å². The van der Waals surface area contributed by atoms with Gasteiger partial charge in [-0.1, -0.05) is 0 Å². The molecule has 16 heavy (non-hydrogen) atoms. The van der Waals surface area contributed by atoms with Crippen molar-refractivity contribution < 1.29 is 9.53 Å². The van der Waals surface area contributed by atoms with Crippen LogP contribution in [0.4, 0.5) is 0 Å². The molecule has 5 heteroatoms. The highest BCUT2D eigenvalue weighted by atomic mass is 16.5. The van der Waals surface area contributed by atoms with E-state index < -0.39 is 0 Å². The van der Waals surface area contributed by atoms with Gasteiger partial charge < -0.3 is 4.74 Å². The van der Waals surface area contributed by atoms with Crippen LogP contribution in [0.25, 0.3) is 11.0 Å². The van der Waals surface area contributed by atoms with Crippen LogP contribution in [0.1, 0.15) is 10.4 Å². The monoisotopic (exact) mass is 214 g/mol. The number of methoxy groups -OCH3 is 1. The Labute approximate surface area is 94.1 Å². The average molecular weight is 214 g/mol. The number of Topliss-reactive ketones (excluding diaryl/α,β-unsaturated/α-hetero) is 1. The number of rotatable bonds is 3. The Kier molecular flexibility index (Phi) is 2.85. The molecule has 2 heterocycles. The molecule has 0 bridgehead atoms. The van der Waals surface area contributed by atoms with Crippen LogP contribution in [-0.2, 0) is 0 Å². The minimum absolute atomic E-state index is 0.0631. The Morgan fingerprint density at radius 2 is 2.25 bits per heavy atom. The first-order chi connectivity index (χ1) is 7.76. The van der Waals surface area contributed by atoms with Crippen LogP contribution in [0.3, 0.4) is 0 Å². The molecule has 0 saturated carbocycles. The third-order valence-electron chi connectivity index (χ3n) is 2.39. The summed E-state index contributed by atoms with van der Waals surface area (Å²) >= 11 is 0. The fraction of sp³-hybridized carbons (Fsp3) is 0.182. The van der Waals surface area contributed by atoms with Crippen LogP contribution in [0.2, 0.25) is 6.32 Å². The zero-order chi connectivity index (χ0) is 11.5. The van der Waals surface area contributed by atoms with Gasteiger partial charge in [0.1, 0.15) is 13.4 Å². The smallest absolute Gasteiger partial charge is 0.213 e. The molecular formula is C11H11BN2O2. The highest BCUT2D eigenvalue weighted by Crippen LogP contribution is 2.19. The Hall–Kier alpha value is -1.91. The molecule has 0 amide bonds. The second-order valence-electron chi connectivity index (χ2n) is 3.36. The summed E-state index contributed by atoms with van der Waals surface area (Å²) in [7, 11) is 3.38. The van der Waals surface area contributed by atoms with Gasteiger partial charge in [-0.05, 0) is 18.5 Å². The van der Waals surface area contributed by atoms with Crippen LogP contribution < -0.4 is 4.74 Å². The fourth-order valence-electron chi connectivity index (χ4n) is 1.54. The number of hydrogen-bond acceptors (Lipinski definition) is 4. The number of fused-ring (bicyclic) bond motifs is 1. The molecule has 0 radical (unpaired) electrons. The molecule has 2 aromatic heterocycles. The maximum atomic E-state index is 11.7. The highest BCUT2D eigenvalue weighted by molar-refractivity contribution is 6.25. The first-order valence-electron chi connectivity index (χ1n) is 5.09. The summed E-state index contributed by atoms with van der Waals surface area (Å²) in [6.45, 7) is 0. The maximum absolute atomic E-state index is 11.7. The molecular weight excluding hydrogens is 203 g/mol. The van der Waals surface area contributed by atoms with Gasteiger partial charge in [0, 0.05) is 17.8 Å². The third-order valence-corrected chi connectivity index (χ3v) is 2.39. The van der Waals surface area contributed by atoms with E-state index in [-0.39, 0.29) is 5.78 Å². The maximum Gasteiger partial charge on any atom is 0.213 e. The molecule has 0 saturated heterocycles. The SMILES string of the molecule is BCC(=O)c1ccnc2ccc(OC)nc12. The van der Waals surface area contributed by atoms with Crippen molar-refractivity contribution in [3.8, 4) is 5.88 Å². The van der Waals surface area contributed by atoms with Gasteiger partial charge in [-0.3, -0.25) is 9.78 Å². The lowest BCUT2D eigenvalue weighted by atomic mass is 9.95. The summed E-state index contributed by atoms with van der Waals surface area (Å²) in [5, 5.41) is 0. The van der Waals surface area contributed by atoms with Gasteiger partial charge in [0.25, 0.3) is 0 Å². The normalized spacial score (nSPS) is 10.3. The van der Waals surface area contributed by atoms with E-state index in [2.05, 4.69) is 9.97 Å². The van der Waals surface area contributed by atoms with Gasteiger partial charge in [-0.15, -0.1) is 0 Å². The number of hydrogen-bond donors (Lipinski definition) is 0. The van der Waals surface area contributed by atoms with E-state index in [1.54, 1.807) is 31.5 Å². The van der Waals surface area contributed by atoms with E-state index in [0.717, 1.165) is 0 Å². The Bertz CT molecular complexity index is 542. The van der Waals surface area contributed by atoms with Crippen molar-refractivity contribution in [3.05, 3.63) is 30.0 Å². The van der Waals surface area contributed by atoms with Gasteiger partial charge in [0.15, 0.2) is 5.78 Å². The first-order valence-corrected chi connectivity index (χ1v) is 5.09. The van der Waals surface area contributed by atoms with Crippen molar-refractivity contribution in [1.29, 1.82) is 0 Å². The number of aromatic nitrogens is 2. The molecule has 0 spiro atoms. The summed E-state index contributed by atoms with van der Waals surface area (Å²) in [5.41, 5.74) is 1.92. The van der Waals surface area contributed by atoms with Gasteiger partial charge >= 0.3 is 0 Å². The highest BCUT2D eigenvalue weighted by Gasteiger charge is 2.10. The quantitative estimate of drug-likeness (QED) is 0.561. The molecule has 2 rings (SSSR count). The summed E-state index contributed by atoms with van der Waals surface area (Å²) in [6.07, 6.45) is 2.08. The minimum atomic E-state index is 0.0631. The molecule has 4 nitrogen and oxygen atoms in total. The van der Waals surface area contributed by atoms with E-state index in [9.17, 15) is 4.79 Å². The lowest BCUT2D eigenvalue weighted by Gasteiger charge is -2.04. The summed E-state index contributed by atoms with van der Waals surface area (Å²) in [5.74, 6) is 0.554. The van der Waals surface area contributed by atoms with Gasteiger partial charge in [-0.2, -0.15) is 0 Å². The Morgan fingerprint density at radius 3 is 2.94 bits per heavy atom. The lowest BCUT2D eigenvalue weighted by Crippen LogP contribution is -2.01. The molecule has 0 atom stereocenters. The van der Waals surface area contributed by atoms with Crippen molar-refractivity contribution in [3.63, 3.8) is 0 Å². The fourth-order valence-corrected chi connectivity index (χ4v) is 1.54. The number of nitrogens with zero attached hydrogens (tertiary/aromatic N) is 2. The van der Waals surface area contributed by atoms with Crippen molar-refractivity contribution in [1.82, 2.24) is 9.97 Å². The van der Waals surface area contributed by atoms with E-state index in [1.807, 2.05) is 7.85 Å². The second kappa shape index (κ2) is 4.30. The molecule has 80 valence electrons. The zero-order valence-electron chi connectivity index (χ0n) is 9.23. The van der Waals surface area contributed by atoms with E-state index >= 15 is 0 Å². The zero-order valence-corrected chi connectivity index (χ0v) is 9.23. The van der Waals surface area contributed by atoms with Crippen LogP contribution in [0, 0.1) is 0 Å². The predicted octanol–water partition coefficient (Wildman–Crippen LogP) is 0.872. The second-order valence-corrected chi connectivity index (χ2v) is 3.36. The predicted molar refractivity (Wildman–Crippen MR) is 63.8 cm³/mol. The summed E-state index contributed by atoms with van der Waals surface area (Å²) < 4.78 is 5.04. The number of carbonyl (C=O) groups is 1.